The lowest BCUT2D eigenvalue weighted by Gasteiger charge is -2.34. The van der Waals surface area contributed by atoms with Gasteiger partial charge in [0.05, 0.1) is 22.6 Å². The minimum atomic E-state index is -0.930. The van der Waals surface area contributed by atoms with Gasteiger partial charge in [-0.05, 0) is 89.1 Å². The second-order valence-corrected chi connectivity index (χ2v) is 12.6. The molecule has 0 saturated heterocycles. The predicted molar refractivity (Wildman–Crippen MR) is 160 cm³/mol. The third-order valence-electron chi connectivity index (χ3n) is 7.88. The van der Waals surface area contributed by atoms with Gasteiger partial charge in [0.1, 0.15) is 0 Å². The smallest absolute Gasteiger partial charge is 0.160 e. The summed E-state index contributed by atoms with van der Waals surface area (Å²) in [6.07, 6.45) is 6.02. The average Bonchev–Trinajstić information content (AvgIpc) is 2.87. The highest BCUT2D eigenvalue weighted by Gasteiger charge is 2.29. The van der Waals surface area contributed by atoms with E-state index in [1.54, 1.807) is 0 Å². The van der Waals surface area contributed by atoms with Crippen molar-refractivity contribution < 1.29 is 10.2 Å². The number of fused-ring (bicyclic) bond motifs is 1. The van der Waals surface area contributed by atoms with E-state index in [9.17, 15) is 10.2 Å². The molecule has 2 aromatic carbocycles. The molecule has 1 atom stereocenters. The number of hydrogen-bond acceptors (Lipinski definition) is 5. The Balaban J connectivity index is 1.87. The summed E-state index contributed by atoms with van der Waals surface area (Å²) in [7, 11) is 2.18. The van der Waals surface area contributed by atoms with E-state index >= 15 is 0 Å². The standard InChI is InChI=1S/C34H47N3O2/c1-8-23-15-12-16-24(9-2)31(23)32-35-28(20-33(3,4)38)27(29(36-32)21-34(5,6)39)22-37(7)30-19-13-17-25-14-10-11-18-26(25)30/h10-12,14-16,18,30,38-39H,8-9,13,17,19-22H2,1-7H3/t30-/m0/s1. The summed E-state index contributed by atoms with van der Waals surface area (Å²) in [5.74, 6) is 0.706. The maximum absolute atomic E-state index is 11.0. The van der Waals surface area contributed by atoms with Gasteiger partial charge in [0.2, 0.25) is 0 Å². The zero-order valence-corrected chi connectivity index (χ0v) is 25.0. The zero-order chi connectivity index (χ0) is 28.4. The molecule has 1 aliphatic rings. The van der Waals surface area contributed by atoms with Gasteiger partial charge in [-0.1, -0.05) is 56.3 Å². The van der Waals surface area contributed by atoms with E-state index in [0.29, 0.717) is 31.3 Å². The Labute approximate surface area is 235 Å². The summed E-state index contributed by atoms with van der Waals surface area (Å²) in [6, 6.07) is 15.5. The highest BCUT2D eigenvalue weighted by molar-refractivity contribution is 5.66. The summed E-state index contributed by atoms with van der Waals surface area (Å²) >= 11 is 0. The van der Waals surface area contributed by atoms with Crippen LogP contribution in [0, 0.1) is 0 Å². The van der Waals surface area contributed by atoms with Crippen LogP contribution in [0.2, 0.25) is 0 Å². The third kappa shape index (κ3) is 7.13. The first-order chi connectivity index (χ1) is 18.4. The van der Waals surface area contributed by atoms with Crippen molar-refractivity contribution in [3.8, 4) is 11.4 Å². The highest BCUT2D eigenvalue weighted by Crippen LogP contribution is 2.36. The summed E-state index contributed by atoms with van der Waals surface area (Å²) in [6.45, 7) is 12.4. The average molecular weight is 530 g/mol. The van der Waals surface area contributed by atoms with E-state index in [2.05, 4.69) is 68.3 Å². The highest BCUT2D eigenvalue weighted by atomic mass is 16.3. The van der Waals surface area contributed by atoms with Crippen LogP contribution in [0.1, 0.15) is 99.6 Å². The van der Waals surface area contributed by atoms with Crippen LogP contribution < -0.4 is 0 Å². The molecular weight excluding hydrogens is 482 g/mol. The van der Waals surface area contributed by atoms with E-state index in [1.165, 1.54) is 28.7 Å². The molecule has 0 radical (unpaired) electrons. The first kappa shape index (κ1) is 29.4. The first-order valence-electron chi connectivity index (χ1n) is 14.6. The van der Waals surface area contributed by atoms with E-state index in [-0.39, 0.29) is 0 Å². The Morgan fingerprint density at radius 1 is 0.846 bits per heavy atom. The minimum absolute atomic E-state index is 0.312. The lowest BCUT2D eigenvalue weighted by molar-refractivity contribution is 0.0774. The number of hydrogen-bond donors (Lipinski definition) is 2. The van der Waals surface area contributed by atoms with E-state index in [1.807, 2.05) is 27.7 Å². The Morgan fingerprint density at radius 2 is 1.41 bits per heavy atom. The number of rotatable bonds is 10. The summed E-state index contributed by atoms with van der Waals surface area (Å²) in [5, 5.41) is 21.9. The van der Waals surface area contributed by atoms with Crippen LogP contribution in [-0.4, -0.2) is 43.3 Å². The molecule has 1 heterocycles. The molecule has 4 rings (SSSR count). The van der Waals surface area contributed by atoms with E-state index < -0.39 is 11.2 Å². The van der Waals surface area contributed by atoms with Gasteiger partial charge in [-0.2, -0.15) is 0 Å². The van der Waals surface area contributed by atoms with Crippen LogP contribution in [-0.2, 0) is 38.6 Å². The van der Waals surface area contributed by atoms with Crippen LogP contribution in [0.4, 0.5) is 0 Å². The summed E-state index contributed by atoms with van der Waals surface area (Å²) in [5.41, 5.74) is 7.29. The fraction of sp³-hybridized carbons (Fsp3) is 0.529. The fourth-order valence-corrected chi connectivity index (χ4v) is 6.06. The molecule has 0 saturated carbocycles. The lowest BCUT2D eigenvalue weighted by Crippen LogP contribution is -2.32. The third-order valence-corrected chi connectivity index (χ3v) is 7.88. The van der Waals surface area contributed by atoms with Gasteiger partial charge in [-0.15, -0.1) is 0 Å². The Hall–Kier alpha value is -2.60. The topological polar surface area (TPSA) is 69.5 Å². The van der Waals surface area contributed by atoms with Crippen LogP contribution in [0.5, 0.6) is 0 Å². The second-order valence-electron chi connectivity index (χ2n) is 12.6. The predicted octanol–water partition coefficient (Wildman–Crippen LogP) is 6.40. The Bertz CT molecular complexity index is 1230. The Kier molecular flexibility index (Phi) is 8.95. The molecule has 0 spiro atoms. The molecule has 1 aliphatic carbocycles. The number of aromatic nitrogens is 2. The number of nitrogens with zero attached hydrogens (tertiary/aromatic N) is 3. The molecule has 0 aliphatic heterocycles. The zero-order valence-electron chi connectivity index (χ0n) is 25.0. The summed E-state index contributed by atoms with van der Waals surface area (Å²) in [4.78, 5) is 12.8. The molecule has 0 bridgehead atoms. The van der Waals surface area contributed by atoms with E-state index in [0.717, 1.165) is 48.2 Å². The van der Waals surface area contributed by atoms with E-state index in [4.69, 9.17) is 9.97 Å². The maximum Gasteiger partial charge on any atom is 0.160 e. The molecule has 2 N–H and O–H groups in total. The van der Waals surface area contributed by atoms with Gasteiger partial charge >= 0.3 is 0 Å². The van der Waals surface area contributed by atoms with Crippen molar-refractivity contribution in [2.75, 3.05) is 7.05 Å². The summed E-state index contributed by atoms with van der Waals surface area (Å²) < 4.78 is 0. The van der Waals surface area contributed by atoms with Crippen LogP contribution in [0.3, 0.4) is 0 Å². The molecule has 3 aromatic rings. The number of benzene rings is 2. The molecule has 210 valence electrons. The monoisotopic (exact) mass is 529 g/mol. The van der Waals surface area contributed by atoms with Crippen molar-refractivity contribution in [2.45, 2.75) is 110 Å². The molecule has 39 heavy (non-hydrogen) atoms. The van der Waals surface area contributed by atoms with Gasteiger partial charge in [0, 0.05) is 36.6 Å². The van der Waals surface area contributed by atoms with Crippen LogP contribution in [0.25, 0.3) is 11.4 Å². The largest absolute Gasteiger partial charge is 0.390 e. The normalized spacial score (nSPS) is 16.0. The van der Waals surface area contributed by atoms with Gasteiger partial charge in [-0.25, -0.2) is 9.97 Å². The quantitative estimate of drug-likeness (QED) is 0.318. The molecule has 5 heteroatoms. The van der Waals surface area contributed by atoms with Gasteiger partial charge in [-0.3, -0.25) is 4.90 Å². The van der Waals surface area contributed by atoms with Crippen LogP contribution >= 0.6 is 0 Å². The molecule has 0 amide bonds. The van der Waals surface area contributed by atoms with Crippen molar-refractivity contribution >= 4 is 0 Å². The van der Waals surface area contributed by atoms with Crippen molar-refractivity contribution in [1.29, 1.82) is 0 Å². The molecule has 5 nitrogen and oxygen atoms in total. The lowest BCUT2D eigenvalue weighted by atomic mass is 9.86. The first-order valence-corrected chi connectivity index (χ1v) is 14.6. The number of aliphatic hydroxyl groups is 2. The fourth-order valence-electron chi connectivity index (χ4n) is 6.06. The molecular formula is C34H47N3O2. The SMILES string of the molecule is CCc1cccc(CC)c1-c1nc(CC(C)(C)O)c(CN(C)[C@H]2CCCc3ccccc32)c(CC(C)(C)O)n1. The molecule has 0 fully saturated rings. The maximum atomic E-state index is 11.0. The molecule has 1 aromatic heterocycles. The van der Waals surface area contributed by atoms with Gasteiger partial charge < -0.3 is 10.2 Å². The van der Waals surface area contributed by atoms with Crippen LogP contribution in [0.15, 0.2) is 42.5 Å². The van der Waals surface area contributed by atoms with Gasteiger partial charge in [0.15, 0.2) is 5.82 Å². The number of aryl methyl sites for hydroxylation is 3. The van der Waals surface area contributed by atoms with Crippen molar-refractivity contribution in [3.63, 3.8) is 0 Å². The van der Waals surface area contributed by atoms with Crippen molar-refractivity contribution in [1.82, 2.24) is 14.9 Å². The van der Waals surface area contributed by atoms with Gasteiger partial charge in [0.25, 0.3) is 0 Å². The second kappa shape index (κ2) is 11.9. The molecule has 0 unspecified atom stereocenters. The minimum Gasteiger partial charge on any atom is -0.390 e. The van der Waals surface area contributed by atoms with Crippen molar-refractivity contribution in [2.24, 2.45) is 0 Å². The van der Waals surface area contributed by atoms with Crippen molar-refractivity contribution in [3.05, 3.63) is 81.7 Å². The Morgan fingerprint density at radius 3 is 1.95 bits per heavy atom.